The number of ether oxygens (including phenoxy) is 1. The summed E-state index contributed by atoms with van der Waals surface area (Å²) in [5.41, 5.74) is 3.08. The number of sulfonamides is 1. The van der Waals surface area contributed by atoms with Crippen molar-refractivity contribution < 1.29 is 17.5 Å². The van der Waals surface area contributed by atoms with Crippen molar-refractivity contribution in [3.63, 3.8) is 0 Å². The van der Waals surface area contributed by atoms with Crippen molar-refractivity contribution >= 4 is 27.0 Å². The molecule has 0 aliphatic carbocycles. The highest BCUT2D eigenvalue weighted by Gasteiger charge is 2.32. The lowest BCUT2D eigenvalue weighted by atomic mass is 10.2. The van der Waals surface area contributed by atoms with Crippen LogP contribution in [-0.2, 0) is 16.6 Å². The minimum atomic E-state index is -3.90. The molecule has 3 aromatic carbocycles. The molecule has 0 amide bonds. The molecule has 4 aromatic rings. The molecule has 1 fully saturated rings. The second kappa shape index (κ2) is 9.08. The maximum Gasteiger partial charge on any atom is 0.246 e. The number of halogens is 1. The first-order valence-corrected chi connectivity index (χ1v) is 12.5. The van der Waals surface area contributed by atoms with Crippen molar-refractivity contribution in [3.8, 4) is 5.75 Å². The average molecular weight is 481 g/mol. The topological polar surface area (TPSA) is 67.7 Å². The number of benzene rings is 3. The molecule has 1 aliphatic heterocycles. The molecule has 176 valence electrons. The first kappa shape index (κ1) is 22.4. The fraction of sp³-hybridized carbons (Fsp3) is 0.240. The molecule has 5 rings (SSSR count). The zero-order chi connectivity index (χ0) is 23.7. The fourth-order valence-corrected chi connectivity index (χ4v) is 5.94. The van der Waals surface area contributed by atoms with Crippen LogP contribution in [0.2, 0.25) is 0 Å². The number of rotatable bonds is 6. The van der Waals surface area contributed by atoms with E-state index in [1.807, 2.05) is 42.5 Å². The van der Waals surface area contributed by atoms with Gasteiger partial charge < -0.3 is 14.2 Å². The summed E-state index contributed by atoms with van der Waals surface area (Å²) in [7, 11) is -2.53. The summed E-state index contributed by atoms with van der Waals surface area (Å²) in [6.45, 7) is 2.12. The fourth-order valence-electron chi connectivity index (χ4n) is 4.35. The monoisotopic (exact) mass is 480 g/mol. The number of anilines is 1. The van der Waals surface area contributed by atoms with Gasteiger partial charge in [-0.3, -0.25) is 0 Å². The van der Waals surface area contributed by atoms with Crippen LogP contribution in [0.1, 0.15) is 5.56 Å². The molecule has 0 bridgehead atoms. The van der Waals surface area contributed by atoms with Gasteiger partial charge in [-0.25, -0.2) is 17.8 Å². The Hall–Kier alpha value is -3.43. The van der Waals surface area contributed by atoms with Crippen molar-refractivity contribution in [1.29, 1.82) is 0 Å². The number of imidazole rings is 1. The van der Waals surface area contributed by atoms with Crippen LogP contribution in [0.25, 0.3) is 11.0 Å². The number of para-hydroxylation sites is 2. The SMILES string of the molecule is COc1ccc(F)cc1S(=O)(=O)N1CCN(c2nc3ccccc3n2Cc2ccccc2)CC1. The predicted octanol–water partition coefficient (Wildman–Crippen LogP) is 3.74. The van der Waals surface area contributed by atoms with Crippen LogP contribution in [0, 0.1) is 5.82 Å². The third-order valence-electron chi connectivity index (χ3n) is 6.08. The first-order valence-electron chi connectivity index (χ1n) is 11.1. The van der Waals surface area contributed by atoms with E-state index in [1.54, 1.807) is 0 Å². The lowest BCUT2D eigenvalue weighted by Crippen LogP contribution is -2.49. The summed E-state index contributed by atoms with van der Waals surface area (Å²) in [6.07, 6.45) is 0. The van der Waals surface area contributed by atoms with E-state index in [0.29, 0.717) is 19.6 Å². The molecule has 0 spiro atoms. The van der Waals surface area contributed by atoms with Crippen molar-refractivity contribution in [2.24, 2.45) is 0 Å². The number of hydrogen-bond acceptors (Lipinski definition) is 5. The molecule has 0 radical (unpaired) electrons. The summed E-state index contributed by atoms with van der Waals surface area (Å²) < 4.78 is 49.1. The summed E-state index contributed by atoms with van der Waals surface area (Å²) in [5, 5.41) is 0. The van der Waals surface area contributed by atoms with E-state index in [-0.39, 0.29) is 23.7 Å². The quantitative estimate of drug-likeness (QED) is 0.421. The summed E-state index contributed by atoms with van der Waals surface area (Å²) in [4.78, 5) is 6.82. The van der Waals surface area contributed by atoms with E-state index in [4.69, 9.17) is 9.72 Å². The van der Waals surface area contributed by atoms with E-state index in [9.17, 15) is 12.8 Å². The minimum absolute atomic E-state index is 0.133. The Labute approximate surface area is 198 Å². The maximum atomic E-state index is 13.8. The first-order chi connectivity index (χ1) is 16.5. The van der Waals surface area contributed by atoms with Crippen LogP contribution < -0.4 is 9.64 Å². The largest absolute Gasteiger partial charge is 0.495 e. The minimum Gasteiger partial charge on any atom is -0.495 e. The van der Waals surface area contributed by atoms with Crippen LogP contribution in [0.3, 0.4) is 0 Å². The number of aromatic nitrogens is 2. The summed E-state index contributed by atoms with van der Waals surface area (Å²) in [6, 6.07) is 21.7. The summed E-state index contributed by atoms with van der Waals surface area (Å²) in [5.74, 6) is 0.326. The highest BCUT2D eigenvalue weighted by Crippen LogP contribution is 2.30. The van der Waals surface area contributed by atoms with Gasteiger partial charge in [0.1, 0.15) is 16.5 Å². The lowest BCUT2D eigenvalue weighted by molar-refractivity contribution is 0.371. The van der Waals surface area contributed by atoms with Gasteiger partial charge in [-0.1, -0.05) is 42.5 Å². The highest BCUT2D eigenvalue weighted by atomic mass is 32.2. The molecule has 34 heavy (non-hydrogen) atoms. The van der Waals surface area contributed by atoms with Crippen LogP contribution in [0.4, 0.5) is 10.3 Å². The molecule has 0 atom stereocenters. The van der Waals surface area contributed by atoms with Crippen molar-refractivity contribution in [2.45, 2.75) is 11.4 Å². The Balaban J connectivity index is 1.42. The molecular formula is C25H25FN4O3S. The molecular weight excluding hydrogens is 455 g/mol. The molecule has 1 aliphatic rings. The van der Waals surface area contributed by atoms with Gasteiger partial charge in [0.05, 0.1) is 24.7 Å². The lowest BCUT2D eigenvalue weighted by Gasteiger charge is -2.35. The van der Waals surface area contributed by atoms with E-state index in [2.05, 4.69) is 21.6 Å². The highest BCUT2D eigenvalue weighted by molar-refractivity contribution is 7.89. The Morgan fingerprint density at radius 3 is 2.38 bits per heavy atom. The van der Waals surface area contributed by atoms with Gasteiger partial charge in [-0.05, 0) is 35.9 Å². The van der Waals surface area contributed by atoms with Gasteiger partial charge in [-0.15, -0.1) is 0 Å². The van der Waals surface area contributed by atoms with Gasteiger partial charge in [-0.2, -0.15) is 4.31 Å². The Morgan fingerprint density at radius 1 is 0.941 bits per heavy atom. The van der Waals surface area contributed by atoms with E-state index in [0.717, 1.165) is 28.6 Å². The number of methoxy groups -OCH3 is 1. The molecule has 1 aromatic heterocycles. The van der Waals surface area contributed by atoms with Crippen LogP contribution >= 0.6 is 0 Å². The zero-order valence-electron chi connectivity index (χ0n) is 18.8. The Kier molecular flexibility index (Phi) is 5.97. The predicted molar refractivity (Wildman–Crippen MR) is 129 cm³/mol. The van der Waals surface area contributed by atoms with Gasteiger partial charge >= 0.3 is 0 Å². The van der Waals surface area contributed by atoms with E-state index < -0.39 is 15.8 Å². The third kappa shape index (κ3) is 4.12. The van der Waals surface area contributed by atoms with Crippen LogP contribution in [0.5, 0.6) is 5.75 Å². The standard InChI is InChI=1S/C25H25FN4O3S/c1-33-23-12-11-20(26)17-24(23)34(31,32)29-15-13-28(14-16-29)25-27-21-9-5-6-10-22(21)30(25)18-19-7-3-2-4-8-19/h2-12,17H,13-16,18H2,1H3. The summed E-state index contributed by atoms with van der Waals surface area (Å²) >= 11 is 0. The maximum absolute atomic E-state index is 13.8. The molecule has 0 unspecified atom stereocenters. The molecule has 0 N–H and O–H groups in total. The molecule has 7 nitrogen and oxygen atoms in total. The smallest absolute Gasteiger partial charge is 0.246 e. The normalized spacial score (nSPS) is 15.1. The van der Waals surface area contributed by atoms with Crippen molar-refractivity contribution in [1.82, 2.24) is 13.9 Å². The Bertz CT molecular complexity index is 1410. The van der Waals surface area contributed by atoms with Gasteiger partial charge in [0, 0.05) is 26.2 Å². The van der Waals surface area contributed by atoms with Crippen molar-refractivity contribution in [2.75, 3.05) is 38.2 Å². The molecule has 2 heterocycles. The van der Waals surface area contributed by atoms with Crippen LogP contribution in [-0.4, -0.2) is 55.6 Å². The molecule has 9 heteroatoms. The van der Waals surface area contributed by atoms with Crippen LogP contribution in [0.15, 0.2) is 77.7 Å². The van der Waals surface area contributed by atoms with Gasteiger partial charge in [0.25, 0.3) is 0 Å². The number of piperazine rings is 1. The van der Waals surface area contributed by atoms with Gasteiger partial charge in [0.2, 0.25) is 16.0 Å². The van der Waals surface area contributed by atoms with Crippen molar-refractivity contribution in [3.05, 3.63) is 84.2 Å². The number of fused-ring (bicyclic) bond motifs is 1. The second-order valence-electron chi connectivity index (χ2n) is 8.16. The zero-order valence-corrected chi connectivity index (χ0v) is 19.6. The second-order valence-corrected chi connectivity index (χ2v) is 10.1. The van der Waals surface area contributed by atoms with Gasteiger partial charge in [0.15, 0.2) is 0 Å². The number of nitrogens with zero attached hydrogens (tertiary/aromatic N) is 4. The molecule has 0 saturated carbocycles. The average Bonchev–Trinajstić information content (AvgIpc) is 3.23. The third-order valence-corrected chi connectivity index (χ3v) is 8.00. The Morgan fingerprint density at radius 2 is 1.65 bits per heavy atom. The van der Waals surface area contributed by atoms with E-state index >= 15 is 0 Å². The molecule has 1 saturated heterocycles. The number of hydrogen-bond donors (Lipinski definition) is 0. The van der Waals surface area contributed by atoms with E-state index in [1.165, 1.54) is 23.5 Å².